The van der Waals surface area contributed by atoms with E-state index in [2.05, 4.69) is 41.9 Å². The highest BCUT2D eigenvalue weighted by Gasteiger charge is 2.20. The molecule has 0 saturated carbocycles. The van der Waals surface area contributed by atoms with E-state index in [4.69, 9.17) is 11.6 Å². The maximum Gasteiger partial charge on any atom is 0.0707 e. The number of hydrogen-bond donors (Lipinski definition) is 0. The SMILES string of the molecule is CCCC(CCC)C(Cl)c1ccc(Br)s1. The van der Waals surface area contributed by atoms with Crippen LogP contribution in [0.15, 0.2) is 15.9 Å². The minimum atomic E-state index is 0.196. The number of thiophene rings is 1. The van der Waals surface area contributed by atoms with Crippen molar-refractivity contribution in [3.63, 3.8) is 0 Å². The Balaban J connectivity index is 2.66. The van der Waals surface area contributed by atoms with Gasteiger partial charge >= 0.3 is 0 Å². The average molecular weight is 310 g/mol. The van der Waals surface area contributed by atoms with Crippen molar-refractivity contribution in [3.05, 3.63) is 20.8 Å². The minimum absolute atomic E-state index is 0.196. The molecule has 0 radical (unpaired) electrons. The van der Waals surface area contributed by atoms with Crippen LogP contribution in [0, 0.1) is 5.92 Å². The molecule has 1 heterocycles. The van der Waals surface area contributed by atoms with Crippen molar-refractivity contribution >= 4 is 38.9 Å². The number of alkyl halides is 1. The topological polar surface area (TPSA) is 0 Å². The van der Waals surface area contributed by atoms with Gasteiger partial charge in [0.15, 0.2) is 0 Å². The lowest BCUT2D eigenvalue weighted by molar-refractivity contribution is 0.429. The van der Waals surface area contributed by atoms with Gasteiger partial charge in [0.25, 0.3) is 0 Å². The largest absolute Gasteiger partial charge is 0.132 e. The first-order valence-electron chi connectivity index (χ1n) is 5.58. The molecule has 0 amide bonds. The van der Waals surface area contributed by atoms with Crippen LogP contribution in [0.25, 0.3) is 0 Å². The molecule has 0 saturated heterocycles. The molecule has 0 N–H and O–H groups in total. The highest BCUT2D eigenvalue weighted by Crippen LogP contribution is 2.39. The Bertz CT molecular complexity index is 279. The second-order valence-corrected chi connectivity index (χ2v) is 6.85. The lowest BCUT2D eigenvalue weighted by atomic mass is 9.94. The minimum Gasteiger partial charge on any atom is -0.132 e. The molecule has 0 fully saturated rings. The highest BCUT2D eigenvalue weighted by molar-refractivity contribution is 9.11. The lowest BCUT2D eigenvalue weighted by Gasteiger charge is -2.20. The molecule has 0 aliphatic heterocycles. The summed E-state index contributed by atoms with van der Waals surface area (Å²) in [5, 5.41) is 0.196. The fourth-order valence-electron chi connectivity index (χ4n) is 1.89. The van der Waals surface area contributed by atoms with Crippen molar-refractivity contribution in [2.24, 2.45) is 5.92 Å². The van der Waals surface area contributed by atoms with Crippen LogP contribution in [0.4, 0.5) is 0 Å². The Morgan fingerprint density at radius 2 is 1.87 bits per heavy atom. The fourth-order valence-corrected chi connectivity index (χ4v) is 3.84. The molecule has 0 aliphatic carbocycles. The predicted molar refractivity (Wildman–Crippen MR) is 73.9 cm³/mol. The van der Waals surface area contributed by atoms with Crippen LogP contribution in [-0.4, -0.2) is 0 Å². The lowest BCUT2D eigenvalue weighted by Crippen LogP contribution is -2.06. The quantitative estimate of drug-likeness (QED) is 0.565. The molecular weight excluding hydrogens is 292 g/mol. The Kier molecular flexibility index (Phi) is 6.25. The Labute approximate surface area is 110 Å². The smallest absolute Gasteiger partial charge is 0.0707 e. The first-order valence-corrected chi connectivity index (χ1v) is 7.62. The van der Waals surface area contributed by atoms with Crippen molar-refractivity contribution < 1.29 is 0 Å². The maximum absolute atomic E-state index is 6.53. The molecule has 0 aromatic carbocycles. The standard InChI is InChI=1S/C12H18BrClS/c1-3-5-9(6-4-2)12(14)10-7-8-11(13)15-10/h7-9,12H,3-6H2,1-2H3. The molecule has 3 heteroatoms. The molecule has 86 valence electrons. The van der Waals surface area contributed by atoms with E-state index in [9.17, 15) is 0 Å². The van der Waals surface area contributed by atoms with Gasteiger partial charge in [0.2, 0.25) is 0 Å². The summed E-state index contributed by atoms with van der Waals surface area (Å²) in [6.45, 7) is 4.47. The van der Waals surface area contributed by atoms with E-state index in [-0.39, 0.29) is 5.38 Å². The van der Waals surface area contributed by atoms with Gasteiger partial charge in [0, 0.05) is 4.88 Å². The van der Waals surface area contributed by atoms with Crippen LogP contribution in [-0.2, 0) is 0 Å². The second-order valence-electron chi connectivity index (χ2n) is 3.88. The van der Waals surface area contributed by atoms with Gasteiger partial charge in [0.1, 0.15) is 0 Å². The molecule has 1 aromatic rings. The van der Waals surface area contributed by atoms with Crippen molar-refractivity contribution in [3.8, 4) is 0 Å². The zero-order valence-corrected chi connectivity index (χ0v) is 12.5. The molecule has 15 heavy (non-hydrogen) atoms. The van der Waals surface area contributed by atoms with E-state index < -0.39 is 0 Å². The van der Waals surface area contributed by atoms with Crippen molar-refractivity contribution in [2.75, 3.05) is 0 Å². The summed E-state index contributed by atoms with van der Waals surface area (Å²) in [4.78, 5) is 1.30. The summed E-state index contributed by atoms with van der Waals surface area (Å²) in [6, 6.07) is 4.23. The maximum atomic E-state index is 6.53. The first-order chi connectivity index (χ1) is 7.19. The van der Waals surface area contributed by atoms with Gasteiger partial charge in [-0.25, -0.2) is 0 Å². The Morgan fingerprint density at radius 1 is 1.27 bits per heavy atom. The van der Waals surface area contributed by atoms with E-state index in [1.165, 1.54) is 34.3 Å². The molecule has 0 spiro atoms. The van der Waals surface area contributed by atoms with Crippen LogP contribution in [0.1, 0.15) is 49.8 Å². The summed E-state index contributed by atoms with van der Waals surface area (Å²) in [7, 11) is 0. The van der Waals surface area contributed by atoms with Crippen LogP contribution >= 0.6 is 38.9 Å². The van der Waals surface area contributed by atoms with Gasteiger partial charge in [-0.2, -0.15) is 0 Å². The van der Waals surface area contributed by atoms with Crippen LogP contribution < -0.4 is 0 Å². The van der Waals surface area contributed by atoms with Crippen molar-refractivity contribution in [1.82, 2.24) is 0 Å². The van der Waals surface area contributed by atoms with Crippen LogP contribution in [0.3, 0.4) is 0 Å². The highest BCUT2D eigenvalue weighted by atomic mass is 79.9. The van der Waals surface area contributed by atoms with Gasteiger partial charge in [-0.05, 0) is 46.8 Å². The normalized spacial score (nSPS) is 13.4. The Hall–Kier alpha value is 0.470. The van der Waals surface area contributed by atoms with Gasteiger partial charge < -0.3 is 0 Å². The van der Waals surface area contributed by atoms with Crippen molar-refractivity contribution in [1.29, 1.82) is 0 Å². The fraction of sp³-hybridized carbons (Fsp3) is 0.667. The summed E-state index contributed by atoms with van der Waals surface area (Å²) >= 11 is 11.8. The summed E-state index contributed by atoms with van der Waals surface area (Å²) in [5.74, 6) is 0.632. The third-order valence-electron chi connectivity index (χ3n) is 2.60. The van der Waals surface area contributed by atoms with Crippen molar-refractivity contribution in [2.45, 2.75) is 44.9 Å². The van der Waals surface area contributed by atoms with E-state index in [0.29, 0.717) is 5.92 Å². The number of halogens is 2. The van der Waals surface area contributed by atoms with Crippen LogP contribution in [0.2, 0.25) is 0 Å². The molecular formula is C12H18BrClS. The van der Waals surface area contributed by atoms with Gasteiger partial charge in [-0.3, -0.25) is 0 Å². The molecule has 1 rings (SSSR count). The van der Waals surface area contributed by atoms with E-state index in [1.54, 1.807) is 11.3 Å². The van der Waals surface area contributed by atoms with Crippen LogP contribution in [0.5, 0.6) is 0 Å². The molecule has 0 nitrogen and oxygen atoms in total. The molecule has 1 aromatic heterocycles. The van der Waals surface area contributed by atoms with Gasteiger partial charge in [-0.15, -0.1) is 22.9 Å². The number of rotatable bonds is 6. The zero-order valence-electron chi connectivity index (χ0n) is 9.30. The zero-order chi connectivity index (χ0) is 11.3. The Morgan fingerprint density at radius 3 is 2.27 bits per heavy atom. The van der Waals surface area contributed by atoms with Gasteiger partial charge in [-0.1, -0.05) is 26.7 Å². The summed E-state index contributed by atoms with van der Waals surface area (Å²) in [5.41, 5.74) is 0. The molecule has 1 unspecified atom stereocenters. The molecule has 1 atom stereocenters. The average Bonchev–Trinajstić information content (AvgIpc) is 2.63. The summed E-state index contributed by atoms with van der Waals surface area (Å²) < 4.78 is 1.18. The van der Waals surface area contributed by atoms with E-state index in [1.807, 2.05) is 0 Å². The third-order valence-corrected chi connectivity index (χ3v) is 5.03. The van der Waals surface area contributed by atoms with E-state index >= 15 is 0 Å². The van der Waals surface area contributed by atoms with E-state index in [0.717, 1.165) is 0 Å². The number of hydrogen-bond acceptors (Lipinski definition) is 1. The predicted octanol–water partition coefficient (Wildman–Crippen LogP) is 6.01. The summed E-state index contributed by atoms with van der Waals surface area (Å²) in [6.07, 6.45) is 4.91. The molecule has 0 bridgehead atoms. The first kappa shape index (κ1) is 13.5. The molecule has 0 aliphatic rings. The third kappa shape index (κ3) is 4.08. The second kappa shape index (κ2) is 6.93. The monoisotopic (exact) mass is 308 g/mol. The van der Waals surface area contributed by atoms with Gasteiger partial charge in [0.05, 0.1) is 9.16 Å².